The zero-order valence-electron chi connectivity index (χ0n) is 28.8. The van der Waals surface area contributed by atoms with Crippen molar-refractivity contribution in [1.29, 1.82) is 0 Å². The molecule has 2 rings (SSSR count). The summed E-state index contributed by atoms with van der Waals surface area (Å²) in [7, 11) is 3.45. The maximum absolute atomic E-state index is 12.8. The van der Waals surface area contributed by atoms with E-state index in [1.165, 1.54) is 118 Å². The normalized spacial score (nSPS) is 12.5. The first-order valence-electron chi connectivity index (χ1n) is 18.5. The second-order valence-electron chi connectivity index (χ2n) is 13.3. The first-order chi connectivity index (χ1) is 21.5. The van der Waals surface area contributed by atoms with Crippen LogP contribution in [0.1, 0.15) is 161 Å². The van der Waals surface area contributed by atoms with Gasteiger partial charge in [0.1, 0.15) is 0 Å². The Morgan fingerprint density at radius 3 is 1.73 bits per heavy atom. The summed E-state index contributed by atoms with van der Waals surface area (Å²) in [5.74, 6) is 0. The van der Waals surface area contributed by atoms with Crippen LogP contribution in [0.5, 0.6) is 0 Å². The number of fused-ring (bicyclic) bond motifs is 1. The van der Waals surface area contributed by atoms with Gasteiger partial charge in [-0.25, -0.2) is 9.78 Å². The number of hydrogen-bond acceptors (Lipinski definition) is 5. The van der Waals surface area contributed by atoms with Crippen LogP contribution in [0.25, 0.3) is 11.2 Å². The minimum absolute atomic E-state index is 0.242. The van der Waals surface area contributed by atoms with Gasteiger partial charge in [-0.05, 0) is 25.8 Å². The minimum atomic E-state index is -0.292. The van der Waals surface area contributed by atoms with Gasteiger partial charge in [-0.15, -0.1) is 0 Å². The maximum atomic E-state index is 12.8. The van der Waals surface area contributed by atoms with Crippen molar-refractivity contribution in [2.24, 2.45) is 14.1 Å². The number of nitrogens with one attached hydrogen (secondary N) is 1. The lowest BCUT2D eigenvalue weighted by Crippen LogP contribution is -2.39. The molecule has 0 bridgehead atoms. The Bertz CT molecular complexity index is 1110. The number of nitrogens with zero attached hydrogens (tertiary/aromatic N) is 4. The molecular weight excluding hydrogens is 550 g/mol. The molecule has 2 N–H and O–H groups in total. The molecule has 8 heteroatoms. The average molecular weight is 618 g/mol. The third-order valence-electron chi connectivity index (χ3n) is 9.21. The molecule has 0 aliphatic carbocycles. The largest absolute Gasteiger partial charge is 0.392 e. The molecule has 254 valence electrons. The van der Waals surface area contributed by atoms with Gasteiger partial charge in [0.05, 0.1) is 12.4 Å². The predicted molar refractivity (Wildman–Crippen MR) is 186 cm³/mol. The molecule has 0 aromatic carbocycles. The van der Waals surface area contributed by atoms with Crippen molar-refractivity contribution in [1.82, 2.24) is 24.0 Å². The zero-order chi connectivity index (χ0) is 31.8. The van der Waals surface area contributed by atoms with Crippen LogP contribution in [0.2, 0.25) is 0 Å². The highest BCUT2D eigenvalue weighted by Gasteiger charge is 2.14. The van der Waals surface area contributed by atoms with Gasteiger partial charge in [0.2, 0.25) is 0 Å². The van der Waals surface area contributed by atoms with Gasteiger partial charge in [0.15, 0.2) is 11.2 Å². The summed E-state index contributed by atoms with van der Waals surface area (Å²) in [5, 5.41) is 13.7. The summed E-state index contributed by atoms with van der Waals surface area (Å²) in [6.07, 6.45) is 32.0. The van der Waals surface area contributed by atoms with Crippen LogP contribution >= 0.6 is 0 Å². The van der Waals surface area contributed by atoms with Crippen molar-refractivity contribution in [3.05, 3.63) is 27.2 Å². The van der Waals surface area contributed by atoms with Crippen molar-refractivity contribution in [2.75, 3.05) is 13.1 Å². The number of imidazole rings is 1. The first kappa shape index (κ1) is 38.3. The maximum Gasteiger partial charge on any atom is 0.332 e. The van der Waals surface area contributed by atoms with E-state index in [9.17, 15) is 14.7 Å². The van der Waals surface area contributed by atoms with Gasteiger partial charge in [-0.1, -0.05) is 142 Å². The van der Waals surface area contributed by atoms with E-state index < -0.39 is 0 Å². The molecule has 0 aliphatic heterocycles. The van der Waals surface area contributed by atoms with E-state index in [-0.39, 0.29) is 17.4 Å². The molecule has 2 heterocycles. The SMILES string of the molecule is CCCCCCCCCCCCCCCCCCNCC(O)CCCCCCCCCn1c(=O)c2c(ncn2C)n(C)c1=O. The van der Waals surface area contributed by atoms with Gasteiger partial charge in [0, 0.05) is 27.2 Å². The molecule has 0 aliphatic rings. The number of aliphatic hydroxyl groups is 1. The summed E-state index contributed by atoms with van der Waals surface area (Å²) < 4.78 is 4.49. The minimum Gasteiger partial charge on any atom is -0.392 e. The Balaban J connectivity index is 1.32. The third kappa shape index (κ3) is 15.4. The third-order valence-corrected chi connectivity index (χ3v) is 9.21. The highest BCUT2D eigenvalue weighted by atomic mass is 16.3. The van der Waals surface area contributed by atoms with Gasteiger partial charge in [0.25, 0.3) is 5.56 Å². The summed E-state index contributed by atoms with van der Waals surface area (Å²) >= 11 is 0. The topological polar surface area (TPSA) is 94.1 Å². The van der Waals surface area contributed by atoms with Gasteiger partial charge in [-0.2, -0.15) is 0 Å². The fraction of sp³-hybridized carbons (Fsp3) is 0.861. The molecular formula is C36H67N5O3. The van der Waals surface area contributed by atoms with E-state index in [1.54, 1.807) is 25.0 Å². The van der Waals surface area contributed by atoms with Gasteiger partial charge < -0.3 is 15.0 Å². The molecule has 0 spiro atoms. The Morgan fingerprint density at radius 2 is 1.18 bits per heavy atom. The lowest BCUT2D eigenvalue weighted by Gasteiger charge is -2.12. The molecule has 0 saturated heterocycles. The van der Waals surface area contributed by atoms with Gasteiger partial charge in [-0.3, -0.25) is 13.9 Å². The van der Waals surface area contributed by atoms with Gasteiger partial charge >= 0.3 is 5.69 Å². The van der Waals surface area contributed by atoms with E-state index in [2.05, 4.69) is 17.2 Å². The molecule has 0 saturated carbocycles. The molecule has 1 atom stereocenters. The fourth-order valence-corrected chi connectivity index (χ4v) is 6.30. The number of aromatic nitrogens is 4. The molecule has 0 fully saturated rings. The summed E-state index contributed by atoms with van der Waals surface area (Å²) in [6, 6.07) is 0. The van der Waals surface area contributed by atoms with Crippen molar-refractivity contribution >= 4 is 11.2 Å². The molecule has 1 unspecified atom stereocenters. The quantitative estimate of drug-likeness (QED) is 0.0910. The number of hydrogen-bond donors (Lipinski definition) is 2. The molecule has 2 aromatic heterocycles. The Labute approximate surface area is 268 Å². The number of rotatable bonds is 29. The number of unbranched alkanes of at least 4 members (excludes halogenated alkanes) is 21. The highest BCUT2D eigenvalue weighted by molar-refractivity contribution is 5.69. The first-order valence-corrected chi connectivity index (χ1v) is 18.5. The standard InChI is InChI=1S/C36H67N5O3/c1-4-5-6-7-8-9-10-11-12-13-14-15-16-19-22-25-28-37-30-32(42)27-24-21-18-17-20-23-26-29-41-35(43)33-34(38-31-39(33)2)40(3)36(41)44/h31-32,37,42H,4-30H2,1-3H3. The highest BCUT2D eigenvalue weighted by Crippen LogP contribution is 2.14. The van der Waals surface area contributed by atoms with Crippen LogP contribution in [-0.4, -0.2) is 43.0 Å². The summed E-state index contributed by atoms with van der Waals surface area (Å²) in [6.45, 7) is 4.46. The van der Waals surface area contributed by atoms with E-state index >= 15 is 0 Å². The van der Waals surface area contributed by atoms with Crippen LogP contribution < -0.4 is 16.6 Å². The zero-order valence-corrected chi connectivity index (χ0v) is 28.8. The smallest absolute Gasteiger partial charge is 0.332 e. The lowest BCUT2D eigenvalue weighted by molar-refractivity contribution is 0.158. The molecule has 44 heavy (non-hydrogen) atoms. The van der Waals surface area contributed by atoms with E-state index in [1.807, 2.05) is 0 Å². The number of aryl methyl sites for hydroxylation is 2. The Hall–Kier alpha value is -1.93. The number of aliphatic hydroxyl groups excluding tert-OH is 1. The van der Waals surface area contributed by atoms with E-state index in [0.717, 1.165) is 51.5 Å². The van der Waals surface area contributed by atoms with Crippen LogP contribution in [0, 0.1) is 0 Å². The van der Waals surface area contributed by atoms with Crippen molar-refractivity contribution in [2.45, 2.75) is 174 Å². The predicted octanol–water partition coefficient (Wildman–Crippen LogP) is 7.77. The van der Waals surface area contributed by atoms with Crippen LogP contribution in [0.4, 0.5) is 0 Å². The molecule has 8 nitrogen and oxygen atoms in total. The van der Waals surface area contributed by atoms with Crippen LogP contribution in [-0.2, 0) is 20.6 Å². The fourth-order valence-electron chi connectivity index (χ4n) is 6.30. The van der Waals surface area contributed by atoms with E-state index in [4.69, 9.17) is 0 Å². The monoisotopic (exact) mass is 618 g/mol. The average Bonchev–Trinajstić information content (AvgIpc) is 3.41. The van der Waals surface area contributed by atoms with Crippen molar-refractivity contribution in [3.63, 3.8) is 0 Å². The van der Waals surface area contributed by atoms with Crippen LogP contribution in [0.15, 0.2) is 15.9 Å². The lowest BCUT2D eigenvalue weighted by atomic mass is 10.0. The van der Waals surface area contributed by atoms with E-state index in [0.29, 0.717) is 24.3 Å². The summed E-state index contributed by atoms with van der Waals surface area (Å²) in [4.78, 5) is 29.5. The van der Waals surface area contributed by atoms with Crippen molar-refractivity contribution in [3.8, 4) is 0 Å². The second kappa shape index (κ2) is 24.3. The Morgan fingerprint density at radius 1 is 0.705 bits per heavy atom. The van der Waals surface area contributed by atoms with Crippen LogP contribution in [0.3, 0.4) is 0 Å². The second-order valence-corrected chi connectivity index (χ2v) is 13.3. The molecule has 0 radical (unpaired) electrons. The Kier molecular flexibility index (Phi) is 21.1. The summed E-state index contributed by atoms with van der Waals surface area (Å²) in [5.41, 5.74) is 0.375. The molecule has 0 amide bonds. The molecule has 2 aromatic rings. The van der Waals surface area contributed by atoms with Crippen molar-refractivity contribution < 1.29 is 5.11 Å².